The van der Waals surface area contributed by atoms with Crippen LogP contribution in [-0.2, 0) is 16.4 Å². The molecule has 0 amide bonds. The van der Waals surface area contributed by atoms with Gasteiger partial charge in [-0.05, 0) is 24.8 Å². The van der Waals surface area contributed by atoms with Gasteiger partial charge in [0.05, 0.1) is 11.6 Å². The van der Waals surface area contributed by atoms with E-state index in [0.29, 0.717) is 0 Å². The summed E-state index contributed by atoms with van der Waals surface area (Å²) in [5.41, 5.74) is 2.01. The zero-order valence-corrected chi connectivity index (χ0v) is 12.9. The van der Waals surface area contributed by atoms with Crippen LogP contribution in [-0.4, -0.2) is 41.7 Å². The molecule has 0 radical (unpaired) electrons. The van der Waals surface area contributed by atoms with E-state index in [4.69, 9.17) is 0 Å². The fourth-order valence-corrected chi connectivity index (χ4v) is 3.54. The molecular weight excluding hydrogens is 290 g/mol. The van der Waals surface area contributed by atoms with Gasteiger partial charge in [0.15, 0.2) is 0 Å². The van der Waals surface area contributed by atoms with Crippen molar-refractivity contribution in [1.29, 1.82) is 0 Å². The van der Waals surface area contributed by atoms with Crippen LogP contribution < -0.4 is 10.0 Å². The summed E-state index contributed by atoms with van der Waals surface area (Å²) in [4.78, 5) is 11.7. The van der Waals surface area contributed by atoms with E-state index in [-0.39, 0.29) is 12.1 Å². The maximum absolute atomic E-state index is 11.2. The Balaban J connectivity index is 1.71. The second-order valence-electron chi connectivity index (χ2n) is 5.51. The first kappa shape index (κ1) is 14.3. The van der Waals surface area contributed by atoms with E-state index in [2.05, 4.69) is 31.9 Å². The van der Waals surface area contributed by atoms with E-state index in [0.717, 1.165) is 36.1 Å². The van der Waals surface area contributed by atoms with Crippen LogP contribution in [0.4, 0.5) is 5.82 Å². The molecule has 1 fully saturated rings. The summed E-state index contributed by atoms with van der Waals surface area (Å²) < 4.78 is 25.0. The van der Waals surface area contributed by atoms with Crippen LogP contribution >= 0.6 is 0 Å². The Morgan fingerprint density at radius 1 is 1.33 bits per heavy atom. The normalized spacial score (nSPS) is 22.2. The molecule has 8 heteroatoms. The topological polar surface area (TPSA) is 99.8 Å². The summed E-state index contributed by atoms with van der Waals surface area (Å²) in [7, 11) is -3.13. The van der Waals surface area contributed by atoms with Crippen LogP contribution in [0, 0.1) is 0 Å². The van der Waals surface area contributed by atoms with E-state index in [1.54, 1.807) is 0 Å². The van der Waals surface area contributed by atoms with Crippen molar-refractivity contribution in [3.8, 4) is 0 Å². The molecule has 1 aliphatic carbocycles. The molecule has 21 heavy (non-hydrogen) atoms. The highest BCUT2D eigenvalue weighted by Crippen LogP contribution is 2.29. The average molecular weight is 309 g/mol. The number of rotatable bonds is 5. The third-order valence-electron chi connectivity index (χ3n) is 3.79. The number of aryl methyl sites for hydroxylation is 1. The first-order chi connectivity index (χ1) is 9.96. The predicted molar refractivity (Wildman–Crippen MR) is 81.7 cm³/mol. The highest BCUT2D eigenvalue weighted by molar-refractivity contribution is 7.88. The molecule has 7 nitrogen and oxygen atoms in total. The molecule has 3 N–H and O–H groups in total. The second-order valence-corrected chi connectivity index (χ2v) is 7.29. The maximum atomic E-state index is 11.2. The summed E-state index contributed by atoms with van der Waals surface area (Å²) in [6.07, 6.45) is 7.12. The van der Waals surface area contributed by atoms with E-state index in [9.17, 15) is 8.42 Å². The number of H-pyrrole nitrogens is 1. The molecule has 1 saturated carbocycles. The van der Waals surface area contributed by atoms with E-state index in [1.165, 1.54) is 18.1 Å². The Morgan fingerprint density at radius 3 is 2.76 bits per heavy atom. The number of aromatic nitrogens is 3. The average Bonchev–Trinajstić information content (AvgIpc) is 2.78. The third-order valence-corrected chi connectivity index (χ3v) is 4.55. The minimum atomic E-state index is -3.13. The number of fused-ring (bicyclic) bond motifs is 1. The molecule has 1 aliphatic rings. The lowest BCUT2D eigenvalue weighted by atomic mass is 9.87. The van der Waals surface area contributed by atoms with Crippen molar-refractivity contribution in [2.75, 3.05) is 11.6 Å². The zero-order valence-electron chi connectivity index (χ0n) is 12.0. The molecule has 3 rings (SSSR count). The Hall–Kier alpha value is -1.67. The van der Waals surface area contributed by atoms with E-state index in [1.807, 2.05) is 6.20 Å². The van der Waals surface area contributed by atoms with Gasteiger partial charge in [-0.25, -0.2) is 23.1 Å². The number of hydrogen-bond acceptors (Lipinski definition) is 5. The molecular formula is C13H19N5O2S. The lowest BCUT2D eigenvalue weighted by molar-refractivity contribution is 0.346. The van der Waals surface area contributed by atoms with Crippen molar-refractivity contribution < 1.29 is 8.42 Å². The summed E-state index contributed by atoms with van der Waals surface area (Å²) in [6.45, 7) is 2.09. The van der Waals surface area contributed by atoms with Crippen molar-refractivity contribution in [3.63, 3.8) is 0 Å². The quantitative estimate of drug-likeness (QED) is 0.765. The van der Waals surface area contributed by atoms with Crippen molar-refractivity contribution >= 4 is 26.9 Å². The van der Waals surface area contributed by atoms with Crippen LogP contribution in [0.5, 0.6) is 0 Å². The third kappa shape index (κ3) is 3.01. The summed E-state index contributed by atoms with van der Waals surface area (Å²) in [5, 5.41) is 4.42. The van der Waals surface area contributed by atoms with Crippen molar-refractivity contribution in [2.24, 2.45) is 0 Å². The number of hydrogen-bond donors (Lipinski definition) is 3. The largest absolute Gasteiger partial charge is 0.367 e. The molecule has 0 saturated heterocycles. The lowest BCUT2D eigenvalue weighted by Gasteiger charge is -2.36. The first-order valence-corrected chi connectivity index (χ1v) is 8.90. The van der Waals surface area contributed by atoms with Gasteiger partial charge in [-0.15, -0.1) is 0 Å². The van der Waals surface area contributed by atoms with Crippen LogP contribution in [0.1, 0.15) is 25.3 Å². The zero-order chi connectivity index (χ0) is 15.0. The number of anilines is 1. The molecule has 0 bridgehead atoms. The number of nitrogens with zero attached hydrogens (tertiary/aromatic N) is 2. The van der Waals surface area contributed by atoms with Gasteiger partial charge >= 0.3 is 0 Å². The number of sulfonamides is 1. The molecule has 0 aromatic carbocycles. The molecule has 0 aliphatic heterocycles. The lowest BCUT2D eigenvalue weighted by Crippen LogP contribution is -2.49. The highest BCUT2D eigenvalue weighted by atomic mass is 32.2. The fraction of sp³-hybridized carbons (Fsp3) is 0.538. The Labute approximate surface area is 123 Å². The maximum Gasteiger partial charge on any atom is 0.208 e. The Bertz CT molecular complexity index is 749. The Kier molecular flexibility index (Phi) is 3.58. The molecule has 2 aromatic rings. The van der Waals surface area contributed by atoms with Crippen molar-refractivity contribution in [2.45, 2.75) is 38.3 Å². The number of nitrogens with one attached hydrogen (secondary N) is 3. The smallest absolute Gasteiger partial charge is 0.208 e. The van der Waals surface area contributed by atoms with E-state index >= 15 is 0 Å². The van der Waals surface area contributed by atoms with Crippen LogP contribution in [0.15, 0.2) is 12.5 Å². The van der Waals surface area contributed by atoms with Gasteiger partial charge in [0.25, 0.3) is 0 Å². The summed E-state index contributed by atoms with van der Waals surface area (Å²) in [5.74, 6) is 0.820. The first-order valence-electron chi connectivity index (χ1n) is 7.01. The van der Waals surface area contributed by atoms with Crippen molar-refractivity contribution in [3.05, 3.63) is 18.1 Å². The number of aromatic amines is 1. The molecule has 2 aromatic heterocycles. The highest BCUT2D eigenvalue weighted by Gasteiger charge is 2.31. The fourth-order valence-electron chi connectivity index (χ4n) is 2.74. The molecule has 114 valence electrons. The van der Waals surface area contributed by atoms with Crippen LogP contribution in [0.3, 0.4) is 0 Å². The monoisotopic (exact) mass is 309 g/mol. The second kappa shape index (κ2) is 5.27. The minimum absolute atomic E-state index is 0.0201. The summed E-state index contributed by atoms with van der Waals surface area (Å²) >= 11 is 0. The van der Waals surface area contributed by atoms with Crippen molar-refractivity contribution in [1.82, 2.24) is 19.7 Å². The van der Waals surface area contributed by atoms with Gasteiger partial charge < -0.3 is 10.3 Å². The molecule has 2 heterocycles. The molecule has 0 spiro atoms. The standard InChI is InChI=1S/C13H19N5O2S/c1-3-8-6-14-12-11(8)13(16-7-15-12)17-9-4-10(5-9)18-21(2,19)20/h6-7,9-10,18H,3-5H2,1-2H3,(H2,14,15,16,17). The predicted octanol–water partition coefficient (Wildman–Crippen LogP) is 1.01. The Morgan fingerprint density at radius 2 is 2.10 bits per heavy atom. The van der Waals surface area contributed by atoms with Crippen LogP contribution in [0.25, 0.3) is 11.0 Å². The van der Waals surface area contributed by atoms with E-state index < -0.39 is 10.0 Å². The van der Waals surface area contributed by atoms with Gasteiger partial charge in [0.2, 0.25) is 10.0 Å². The van der Waals surface area contributed by atoms with Crippen LogP contribution in [0.2, 0.25) is 0 Å². The molecule has 0 unspecified atom stereocenters. The summed E-state index contributed by atoms with van der Waals surface area (Å²) in [6, 6.07) is 0.258. The molecule has 0 atom stereocenters. The van der Waals surface area contributed by atoms with Gasteiger partial charge in [-0.3, -0.25) is 0 Å². The minimum Gasteiger partial charge on any atom is -0.367 e. The van der Waals surface area contributed by atoms with Gasteiger partial charge in [-0.2, -0.15) is 0 Å². The van der Waals surface area contributed by atoms with Gasteiger partial charge in [0.1, 0.15) is 17.8 Å². The SMILES string of the molecule is CCc1c[nH]c2ncnc(NC3CC(NS(C)(=O)=O)C3)c12. The van der Waals surface area contributed by atoms with Gasteiger partial charge in [0, 0.05) is 18.3 Å². The van der Waals surface area contributed by atoms with Gasteiger partial charge in [-0.1, -0.05) is 6.92 Å².